The van der Waals surface area contributed by atoms with Crippen LogP contribution in [0.4, 0.5) is 0 Å². The number of rotatable bonds is 3. The Hall–Kier alpha value is -3.89. The molecule has 0 fully saturated rings. The molecule has 0 atom stereocenters. The smallest absolute Gasteiger partial charge is 0.163 e. The number of benzene rings is 4. The number of hydrogen-bond acceptors (Lipinski definition) is 4. The average Bonchev–Trinajstić information content (AvgIpc) is 3.27. The van der Waals surface area contributed by atoms with Gasteiger partial charge in [0.15, 0.2) is 11.6 Å². The van der Waals surface area contributed by atoms with Gasteiger partial charge in [-0.1, -0.05) is 112 Å². The van der Waals surface area contributed by atoms with Crippen LogP contribution in [0.25, 0.3) is 54.1 Å². The predicted molar refractivity (Wildman–Crippen MR) is 148 cm³/mol. The monoisotopic (exact) mass is 471 g/mol. The zero-order valence-electron chi connectivity index (χ0n) is 20.0. The third kappa shape index (κ3) is 4.00. The molecular formula is C31H25N3S. The standard InChI is InChI=1S/C31H25N3S/c1-31(2,3)30-33-28(21-10-5-4-6-11-21)32-29(34-30)22-18-16-20(17-19-22)23-13-9-14-25-24-12-7-8-15-26(24)35-27(23)25/h4-19H,1-3H3. The fourth-order valence-electron chi connectivity index (χ4n) is 4.33. The van der Waals surface area contributed by atoms with Crippen LogP contribution in [0.2, 0.25) is 0 Å². The Balaban J connectivity index is 1.44. The quantitative estimate of drug-likeness (QED) is 0.259. The van der Waals surface area contributed by atoms with Gasteiger partial charge < -0.3 is 0 Å². The Morgan fingerprint density at radius 1 is 0.543 bits per heavy atom. The van der Waals surface area contributed by atoms with E-state index in [0.29, 0.717) is 11.6 Å². The lowest BCUT2D eigenvalue weighted by Gasteiger charge is -2.18. The second kappa shape index (κ2) is 8.40. The van der Waals surface area contributed by atoms with E-state index < -0.39 is 0 Å². The SMILES string of the molecule is CC(C)(C)c1nc(-c2ccccc2)nc(-c2ccc(-c3cccc4c3sc3ccccc34)cc2)n1. The Bertz CT molecular complexity index is 1660. The molecule has 4 aromatic carbocycles. The first-order valence-electron chi connectivity index (χ1n) is 11.8. The molecule has 0 amide bonds. The number of nitrogens with zero attached hydrogens (tertiary/aromatic N) is 3. The van der Waals surface area contributed by atoms with Crippen LogP contribution < -0.4 is 0 Å². The molecule has 0 aliphatic heterocycles. The molecule has 3 nitrogen and oxygen atoms in total. The Labute approximate surface area is 209 Å². The first-order chi connectivity index (χ1) is 17.0. The minimum atomic E-state index is -0.183. The van der Waals surface area contributed by atoms with Gasteiger partial charge in [0.1, 0.15) is 5.82 Å². The van der Waals surface area contributed by atoms with Crippen molar-refractivity contribution >= 4 is 31.5 Å². The molecule has 0 aliphatic carbocycles. The van der Waals surface area contributed by atoms with Gasteiger partial charge in [0.25, 0.3) is 0 Å². The van der Waals surface area contributed by atoms with Crippen LogP contribution in [0, 0.1) is 0 Å². The zero-order chi connectivity index (χ0) is 24.0. The summed E-state index contributed by atoms with van der Waals surface area (Å²) in [5.74, 6) is 2.20. The van der Waals surface area contributed by atoms with E-state index in [1.54, 1.807) is 0 Å². The van der Waals surface area contributed by atoms with Gasteiger partial charge in [0.05, 0.1) is 0 Å². The summed E-state index contributed by atoms with van der Waals surface area (Å²) in [6.45, 7) is 6.40. The Morgan fingerprint density at radius 3 is 1.86 bits per heavy atom. The van der Waals surface area contributed by atoms with Crippen molar-refractivity contribution in [2.45, 2.75) is 26.2 Å². The minimum absolute atomic E-state index is 0.183. The maximum atomic E-state index is 4.86. The summed E-state index contributed by atoms with van der Waals surface area (Å²) in [6.07, 6.45) is 0. The molecule has 170 valence electrons. The zero-order valence-corrected chi connectivity index (χ0v) is 20.8. The molecule has 0 aliphatic rings. The summed E-state index contributed by atoms with van der Waals surface area (Å²) in [5, 5.41) is 2.63. The van der Waals surface area contributed by atoms with Crippen LogP contribution >= 0.6 is 11.3 Å². The van der Waals surface area contributed by atoms with Gasteiger partial charge in [-0.2, -0.15) is 0 Å². The summed E-state index contributed by atoms with van der Waals surface area (Å²) in [6, 6.07) is 33.9. The summed E-state index contributed by atoms with van der Waals surface area (Å²) in [5.41, 5.74) is 4.25. The van der Waals surface area contributed by atoms with Crippen molar-refractivity contribution in [1.82, 2.24) is 15.0 Å². The second-order valence-corrected chi connectivity index (χ2v) is 10.8. The molecule has 2 aromatic heterocycles. The molecule has 0 N–H and O–H groups in total. The van der Waals surface area contributed by atoms with E-state index in [-0.39, 0.29) is 5.41 Å². The molecule has 0 saturated heterocycles. The summed E-state index contributed by atoms with van der Waals surface area (Å²) in [7, 11) is 0. The number of hydrogen-bond donors (Lipinski definition) is 0. The third-order valence-corrected chi connectivity index (χ3v) is 7.42. The average molecular weight is 472 g/mol. The highest BCUT2D eigenvalue weighted by Crippen LogP contribution is 2.40. The first kappa shape index (κ1) is 21.6. The fraction of sp³-hybridized carbons (Fsp3) is 0.129. The highest BCUT2D eigenvalue weighted by atomic mass is 32.1. The van der Waals surface area contributed by atoms with Gasteiger partial charge in [-0.3, -0.25) is 0 Å². The minimum Gasteiger partial charge on any atom is -0.212 e. The van der Waals surface area contributed by atoms with Crippen LogP contribution in [0.1, 0.15) is 26.6 Å². The number of fused-ring (bicyclic) bond motifs is 3. The first-order valence-corrected chi connectivity index (χ1v) is 12.6. The van der Waals surface area contributed by atoms with Gasteiger partial charge in [-0.15, -0.1) is 11.3 Å². The molecule has 2 heterocycles. The van der Waals surface area contributed by atoms with Crippen molar-refractivity contribution in [1.29, 1.82) is 0 Å². The lowest BCUT2D eigenvalue weighted by Crippen LogP contribution is -2.18. The molecule has 6 aromatic rings. The predicted octanol–water partition coefficient (Wildman–Crippen LogP) is 8.54. The number of thiophene rings is 1. The van der Waals surface area contributed by atoms with Crippen LogP contribution in [-0.4, -0.2) is 15.0 Å². The van der Waals surface area contributed by atoms with Crippen molar-refractivity contribution in [2.24, 2.45) is 0 Å². The van der Waals surface area contributed by atoms with E-state index in [9.17, 15) is 0 Å². The topological polar surface area (TPSA) is 38.7 Å². The van der Waals surface area contributed by atoms with Gasteiger partial charge in [-0.25, -0.2) is 15.0 Å². The van der Waals surface area contributed by atoms with Crippen LogP contribution in [0.15, 0.2) is 97.1 Å². The fourth-order valence-corrected chi connectivity index (χ4v) is 5.57. The van der Waals surface area contributed by atoms with Crippen LogP contribution in [-0.2, 0) is 5.41 Å². The molecule has 0 spiro atoms. The summed E-state index contributed by atoms with van der Waals surface area (Å²) < 4.78 is 2.64. The summed E-state index contributed by atoms with van der Waals surface area (Å²) >= 11 is 1.86. The van der Waals surface area contributed by atoms with Crippen LogP contribution in [0.5, 0.6) is 0 Å². The largest absolute Gasteiger partial charge is 0.212 e. The van der Waals surface area contributed by atoms with E-state index in [2.05, 4.69) is 87.5 Å². The maximum absolute atomic E-state index is 4.86. The normalized spacial score (nSPS) is 11.9. The van der Waals surface area contributed by atoms with Crippen molar-refractivity contribution in [2.75, 3.05) is 0 Å². The lowest BCUT2D eigenvalue weighted by atomic mass is 9.95. The van der Waals surface area contributed by atoms with E-state index in [1.165, 1.54) is 31.3 Å². The Kier molecular flexibility index (Phi) is 5.19. The molecule has 35 heavy (non-hydrogen) atoms. The lowest BCUT2D eigenvalue weighted by molar-refractivity contribution is 0.543. The maximum Gasteiger partial charge on any atom is 0.163 e. The van der Waals surface area contributed by atoms with E-state index in [4.69, 9.17) is 15.0 Å². The van der Waals surface area contributed by atoms with E-state index >= 15 is 0 Å². The molecule has 4 heteroatoms. The molecule has 0 unspecified atom stereocenters. The highest BCUT2D eigenvalue weighted by molar-refractivity contribution is 7.26. The van der Waals surface area contributed by atoms with Crippen molar-refractivity contribution in [3.63, 3.8) is 0 Å². The van der Waals surface area contributed by atoms with Gasteiger partial charge in [0, 0.05) is 36.7 Å². The van der Waals surface area contributed by atoms with Crippen LogP contribution in [0.3, 0.4) is 0 Å². The van der Waals surface area contributed by atoms with Crippen molar-refractivity contribution in [3.05, 3.63) is 103 Å². The molecular weight excluding hydrogens is 446 g/mol. The second-order valence-electron chi connectivity index (χ2n) is 9.78. The van der Waals surface area contributed by atoms with E-state index in [0.717, 1.165) is 17.0 Å². The molecule has 0 saturated carbocycles. The van der Waals surface area contributed by atoms with Gasteiger partial charge in [0.2, 0.25) is 0 Å². The summed E-state index contributed by atoms with van der Waals surface area (Å²) in [4.78, 5) is 14.5. The third-order valence-electron chi connectivity index (χ3n) is 6.20. The molecule has 0 bridgehead atoms. The molecule has 6 rings (SSSR count). The molecule has 0 radical (unpaired) electrons. The van der Waals surface area contributed by atoms with Gasteiger partial charge in [-0.05, 0) is 17.2 Å². The van der Waals surface area contributed by atoms with Crippen molar-refractivity contribution in [3.8, 4) is 33.9 Å². The van der Waals surface area contributed by atoms with Crippen molar-refractivity contribution < 1.29 is 0 Å². The Morgan fingerprint density at radius 2 is 1.14 bits per heavy atom. The number of aromatic nitrogens is 3. The van der Waals surface area contributed by atoms with E-state index in [1.807, 2.05) is 41.7 Å². The highest BCUT2D eigenvalue weighted by Gasteiger charge is 2.21. The van der Waals surface area contributed by atoms with Gasteiger partial charge >= 0.3 is 0 Å².